The zero-order chi connectivity index (χ0) is 17.5. The minimum absolute atomic E-state index is 0.330. The minimum Gasteiger partial charge on any atom is -0.492 e. The highest BCUT2D eigenvalue weighted by Gasteiger charge is 2.16. The van der Waals surface area contributed by atoms with Crippen molar-refractivity contribution in [3.05, 3.63) is 45.4 Å². The average Bonchev–Trinajstić information content (AvgIpc) is 3.01. The van der Waals surface area contributed by atoms with Gasteiger partial charge >= 0.3 is 5.97 Å². The fraction of sp³-hybridized carbons (Fsp3) is 0.389. The SMILES string of the molecule is CCOC(=O)c1scnc1Cc1ccc(OCC(C)C)c(C#N)c1. The van der Waals surface area contributed by atoms with Crippen molar-refractivity contribution in [3.63, 3.8) is 0 Å². The molecular formula is C18H20N2O3S. The summed E-state index contributed by atoms with van der Waals surface area (Å²) in [5.41, 5.74) is 3.69. The minimum atomic E-state index is -0.354. The molecule has 1 aromatic heterocycles. The van der Waals surface area contributed by atoms with Gasteiger partial charge in [-0.25, -0.2) is 9.78 Å². The number of carbonyl (C=O) groups excluding carboxylic acids is 1. The lowest BCUT2D eigenvalue weighted by Crippen LogP contribution is -2.07. The molecule has 2 aromatic rings. The van der Waals surface area contributed by atoms with Crippen LogP contribution in [0.2, 0.25) is 0 Å². The van der Waals surface area contributed by atoms with Crippen molar-refractivity contribution in [2.45, 2.75) is 27.2 Å². The standard InChI is InChI=1S/C18H20N2O3S/c1-4-22-18(21)17-15(20-11-24-17)8-13-5-6-16(14(7-13)9-19)23-10-12(2)3/h5-7,11-12H,4,8,10H2,1-3H3. The molecule has 0 radical (unpaired) electrons. The molecule has 6 heteroatoms. The van der Waals surface area contributed by atoms with Crippen molar-refractivity contribution in [2.75, 3.05) is 13.2 Å². The van der Waals surface area contributed by atoms with Crippen LogP contribution in [-0.2, 0) is 11.2 Å². The van der Waals surface area contributed by atoms with Gasteiger partial charge in [-0.1, -0.05) is 19.9 Å². The maximum Gasteiger partial charge on any atom is 0.350 e. The fourth-order valence-corrected chi connectivity index (χ4v) is 2.81. The van der Waals surface area contributed by atoms with Crippen molar-refractivity contribution in [2.24, 2.45) is 5.92 Å². The molecule has 1 aromatic carbocycles. The first-order valence-corrected chi connectivity index (χ1v) is 8.68. The van der Waals surface area contributed by atoms with Crippen molar-refractivity contribution in [3.8, 4) is 11.8 Å². The maximum atomic E-state index is 11.9. The van der Waals surface area contributed by atoms with E-state index < -0.39 is 0 Å². The topological polar surface area (TPSA) is 72.2 Å². The summed E-state index contributed by atoms with van der Waals surface area (Å²) >= 11 is 1.27. The van der Waals surface area contributed by atoms with Gasteiger partial charge in [-0.2, -0.15) is 5.26 Å². The van der Waals surface area contributed by atoms with Gasteiger partial charge in [0.2, 0.25) is 0 Å². The lowest BCUT2D eigenvalue weighted by Gasteiger charge is -2.11. The second kappa shape index (κ2) is 8.46. The Morgan fingerprint density at radius 2 is 2.21 bits per heavy atom. The molecule has 0 spiro atoms. The number of ether oxygens (including phenoxy) is 2. The van der Waals surface area contributed by atoms with E-state index in [4.69, 9.17) is 9.47 Å². The molecule has 5 nitrogen and oxygen atoms in total. The summed E-state index contributed by atoms with van der Waals surface area (Å²) in [6.45, 7) is 6.77. The largest absolute Gasteiger partial charge is 0.492 e. The quantitative estimate of drug-likeness (QED) is 0.714. The molecule has 0 bridgehead atoms. The summed E-state index contributed by atoms with van der Waals surface area (Å²) in [7, 11) is 0. The third kappa shape index (κ3) is 4.56. The van der Waals surface area contributed by atoms with E-state index in [0.29, 0.717) is 47.4 Å². The molecule has 24 heavy (non-hydrogen) atoms. The van der Waals surface area contributed by atoms with Crippen LogP contribution in [0.5, 0.6) is 5.75 Å². The van der Waals surface area contributed by atoms with Crippen LogP contribution in [0.25, 0.3) is 0 Å². The molecule has 0 unspecified atom stereocenters. The van der Waals surface area contributed by atoms with Gasteiger partial charge < -0.3 is 9.47 Å². The van der Waals surface area contributed by atoms with E-state index in [1.54, 1.807) is 24.6 Å². The number of benzene rings is 1. The Bertz CT molecular complexity index is 747. The molecule has 1 heterocycles. The second-order valence-electron chi connectivity index (χ2n) is 5.67. The van der Waals surface area contributed by atoms with E-state index in [1.807, 2.05) is 6.07 Å². The van der Waals surface area contributed by atoms with E-state index in [9.17, 15) is 10.1 Å². The van der Waals surface area contributed by atoms with Gasteiger partial charge in [0.15, 0.2) is 0 Å². The first-order valence-electron chi connectivity index (χ1n) is 7.80. The monoisotopic (exact) mass is 344 g/mol. The number of aromatic nitrogens is 1. The molecule has 0 N–H and O–H groups in total. The third-order valence-electron chi connectivity index (χ3n) is 3.21. The van der Waals surface area contributed by atoms with Gasteiger partial charge in [0, 0.05) is 6.42 Å². The van der Waals surface area contributed by atoms with Gasteiger partial charge in [-0.05, 0) is 30.5 Å². The predicted molar refractivity (Wildman–Crippen MR) is 92.4 cm³/mol. The van der Waals surface area contributed by atoms with Gasteiger partial charge in [0.25, 0.3) is 0 Å². The zero-order valence-corrected chi connectivity index (χ0v) is 14.9. The van der Waals surface area contributed by atoms with Crippen molar-refractivity contribution >= 4 is 17.3 Å². The average molecular weight is 344 g/mol. The molecule has 0 saturated heterocycles. The molecule has 0 amide bonds. The number of carbonyl (C=O) groups is 1. The number of rotatable bonds is 7. The maximum absolute atomic E-state index is 11.9. The highest BCUT2D eigenvalue weighted by Crippen LogP contribution is 2.23. The Kier molecular flexibility index (Phi) is 6.33. The van der Waals surface area contributed by atoms with Crippen LogP contribution in [0, 0.1) is 17.2 Å². The van der Waals surface area contributed by atoms with Crippen LogP contribution >= 0.6 is 11.3 Å². The first-order chi connectivity index (χ1) is 11.5. The lowest BCUT2D eigenvalue weighted by atomic mass is 10.1. The van der Waals surface area contributed by atoms with Crippen molar-refractivity contribution < 1.29 is 14.3 Å². The number of hydrogen-bond donors (Lipinski definition) is 0. The molecule has 2 rings (SSSR count). The summed E-state index contributed by atoms with van der Waals surface area (Å²) in [5, 5.41) is 9.33. The zero-order valence-electron chi connectivity index (χ0n) is 14.0. The Hall–Kier alpha value is -2.39. The highest BCUT2D eigenvalue weighted by atomic mass is 32.1. The Labute approximate surface area is 145 Å². The summed E-state index contributed by atoms with van der Waals surface area (Å²) in [5.74, 6) is 0.615. The molecule has 126 valence electrons. The smallest absolute Gasteiger partial charge is 0.350 e. The van der Waals surface area contributed by atoms with E-state index in [1.165, 1.54) is 11.3 Å². The summed E-state index contributed by atoms with van der Waals surface area (Å²) in [6.07, 6.45) is 0.469. The van der Waals surface area contributed by atoms with E-state index in [0.717, 1.165) is 5.56 Å². The lowest BCUT2D eigenvalue weighted by molar-refractivity contribution is 0.0530. The Balaban J connectivity index is 2.18. The van der Waals surface area contributed by atoms with Crippen LogP contribution in [0.1, 0.15) is 47.3 Å². The molecule has 0 aliphatic rings. The molecule has 0 atom stereocenters. The van der Waals surface area contributed by atoms with Crippen LogP contribution in [0.15, 0.2) is 23.7 Å². The molecule has 0 aliphatic heterocycles. The van der Waals surface area contributed by atoms with Gasteiger partial charge in [-0.3, -0.25) is 0 Å². The van der Waals surface area contributed by atoms with Crippen LogP contribution in [-0.4, -0.2) is 24.2 Å². The van der Waals surface area contributed by atoms with Crippen molar-refractivity contribution in [1.29, 1.82) is 5.26 Å². The van der Waals surface area contributed by atoms with Crippen LogP contribution in [0.3, 0.4) is 0 Å². The van der Waals surface area contributed by atoms with Crippen LogP contribution < -0.4 is 4.74 Å². The Morgan fingerprint density at radius 1 is 1.42 bits per heavy atom. The number of hydrogen-bond acceptors (Lipinski definition) is 6. The summed E-state index contributed by atoms with van der Waals surface area (Å²) in [4.78, 5) is 16.7. The molecular weight excluding hydrogens is 324 g/mol. The first kappa shape index (κ1) is 18.0. The predicted octanol–water partition coefficient (Wildman–Crippen LogP) is 3.82. The highest BCUT2D eigenvalue weighted by molar-refractivity contribution is 7.11. The molecule has 0 saturated carbocycles. The normalized spacial score (nSPS) is 10.5. The van der Waals surface area contributed by atoms with Crippen molar-refractivity contribution in [1.82, 2.24) is 4.98 Å². The van der Waals surface area contributed by atoms with Gasteiger partial charge in [0.1, 0.15) is 16.7 Å². The Morgan fingerprint density at radius 3 is 2.88 bits per heavy atom. The number of esters is 1. The van der Waals surface area contributed by atoms with Gasteiger partial charge in [0.05, 0.1) is 30.0 Å². The van der Waals surface area contributed by atoms with Crippen LogP contribution in [0.4, 0.5) is 0 Å². The molecule has 0 fully saturated rings. The number of thiazole rings is 1. The molecule has 0 aliphatic carbocycles. The fourth-order valence-electron chi connectivity index (χ4n) is 2.11. The summed E-state index contributed by atoms with van der Waals surface area (Å²) in [6, 6.07) is 7.64. The van der Waals surface area contributed by atoms with Gasteiger partial charge in [-0.15, -0.1) is 11.3 Å². The number of nitriles is 1. The summed E-state index contributed by atoms with van der Waals surface area (Å²) < 4.78 is 10.7. The van der Waals surface area contributed by atoms with E-state index in [2.05, 4.69) is 24.9 Å². The third-order valence-corrected chi connectivity index (χ3v) is 4.06. The van der Waals surface area contributed by atoms with E-state index >= 15 is 0 Å². The van der Waals surface area contributed by atoms with E-state index in [-0.39, 0.29) is 5.97 Å². The second-order valence-corrected chi connectivity index (χ2v) is 6.53. The number of nitrogens with zero attached hydrogens (tertiary/aromatic N) is 2.